The minimum atomic E-state index is -0.694. The van der Waals surface area contributed by atoms with Crippen molar-refractivity contribution in [1.29, 1.82) is 0 Å². The van der Waals surface area contributed by atoms with E-state index in [-0.39, 0.29) is 34.7 Å². The van der Waals surface area contributed by atoms with Crippen LogP contribution in [-0.2, 0) is 4.79 Å². The molecule has 0 spiro atoms. The number of rotatable bonds is 5. The molecule has 184 valence electrons. The predicted molar refractivity (Wildman–Crippen MR) is 127 cm³/mol. The Kier molecular flexibility index (Phi) is 6.66. The smallest absolute Gasteiger partial charge is 0.136 e. The normalized spacial score (nSPS) is 47.9. The summed E-state index contributed by atoms with van der Waals surface area (Å²) >= 11 is 0. The lowest BCUT2D eigenvalue weighted by Crippen LogP contribution is -2.57. The van der Waals surface area contributed by atoms with Gasteiger partial charge in [-0.05, 0) is 97.2 Å². The van der Waals surface area contributed by atoms with Crippen LogP contribution in [0.15, 0.2) is 0 Å². The summed E-state index contributed by atoms with van der Waals surface area (Å²) in [6.07, 6.45) is 6.05. The number of aliphatic hydroxyl groups is 3. The maximum Gasteiger partial charge on any atom is 0.136 e. The first kappa shape index (κ1) is 24.7. The highest BCUT2D eigenvalue weighted by molar-refractivity contribution is 5.83. The van der Waals surface area contributed by atoms with Gasteiger partial charge in [0.05, 0.1) is 18.3 Å². The summed E-state index contributed by atoms with van der Waals surface area (Å²) in [5, 5.41) is 32.2. The first-order valence-corrected chi connectivity index (χ1v) is 13.5. The quantitative estimate of drug-likeness (QED) is 0.563. The van der Waals surface area contributed by atoms with Crippen LogP contribution in [0.5, 0.6) is 0 Å². The molecular weight excluding hydrogens is 400 g/mol. The molecule has 4 saturated carbocycles. The van der Waals surface area contributed by atoms with Crippen molar-refractivity contribution < 1.29 is 20.1 Å². The molecule has 4 nitrogen and oxygen atoms in total. The number of hydrogen-bond acceptors (Lipinski definition) is 4. The van der Waals surface area contributed by atoms with Gasteiger partial charge in [0, 0.05) is 12.3 Å². The number of carbonyl (C=O) groups is 1. The molecule has 0 aliphatic heterocycles. The highest BCUT2D eigenvalue weighted by Crippen LogP contribution is 2.67. The molecule has 0 amide bonds. The van der Waals surface area contributed by atoms with Gasteiger partial charge in [-0.3, -0.25) is 4.79 Å². The molecule has 3 N–H and O–H groups in total. The molecule has 0 radical (unpaired) electrons. The van der Waals surface area contributed by atoms with Gasteiger partial charge >= 0.3 is 0 Å². The van der Waals surface area contributed by atoms with Crippen LogP contribution in [-0.4, -0.2) is 39.4 Å². The first-order chi connectivity index (χ1) is 14.9. The third-order valence-corrected chi connectivity index (χ3v) is 11.6. The third-order valence-electron chi connectivity index (χ3n) is 11.6. The SMILES string of the molecule is CC(C)[C@@H](C)[C@H](O)[C@H](O)[C@@H](C)[C@H]1CC[C@H]2[C@@H]3CC(=O)[C@H]4C[C@@H](O)CC[C@]4(C)[C@H]3CC[C@]12C. The molecule has 4 rings (SSSR count). The molecule has 0 aromatic carbocycles. The lowest BCUT2D eigenvalue weighted by molar-refractivity contribution is -0.161. The summed E-state index contributed by atoms with van der Waals surface area (Å²) in [7, 11) is 0. The molecule has 0 bridgehead atoms. The Morgan fingerprint density at radius 2 is 1.50 bits per heavy atom. The molecule has 0 aromatic rings. The van der Waals surface area contributed by atoms with Crippen LogP contribution in [0.4, 0.5) is 0 Å². The van der Waals surface area contributed by atoms with E-state index in [0.29, 0.717) is 48.2 Å². The Balaban J connectivity index is 1.54. The number of fused-ring (bicyclic) bond motifs is 5. The number of hydrogen-bond donors (Lipinski definition) is 3. The summed E-state index contributed by atoms with van der Waals surface area (Å²) < 4.78 is 0. The molecule has 4 heteroatoms. The van der Waals surface area contributed by atoms with E-state index >= 15 is 0 Å². The highest BCUT2D eigenvalue weighted by atomic mass is 16.3. The maximum atomic E-state index is 13.3. The van der Waals surface area contributed by atoms with Crippen LogP contribution in [0.25, 0.3) is 0 Å². The average Bonchev–Trinajstić information content (AvgIpc) is 3.10. The van der Waals surface area contributed by atoms with Crippen molar-refractivity contribution in [3.05, 3.63) is 0 Å². The van der Waals surface area contributed by atoms with Gasteiger partial charge in [0.2, 0.25) is 0 Å². The zero-order valence-corrected chi connectivity index (χ0v) is 21.3. The molecule has 0 aromatic heterocycles. The number of aliphatic hydroxyl groups excluding tert-OH is 3. The standard InChI is InChI=1S/C28H48O4/c1-15(2)16(3)25(31)26(32)17(4)20-7-8-21-19-14-24(30)23-13-18(29)9-11-28(23,6)22(19)10-12-27(20,21)5/h15-23,25-26,29,31-32H,7-14H2,1-6H3/t16-,17+,18+,19+,20-,21+,22+,23-,25+,26-,27-,28-/m1/s1. The van der Waals surface area contributed by atoms with Gasteiger partial charge < -0.3 is 15.3 Å². The summed E-state index contributed by atoms with van der Waals surface area (Å²) in [5.41, 5.74) is 0.187. The van der Waals surface area contributed by atoms with E-state index in [1.807, 2.05) is 6.92 Å². The van der Waals surface area contributed by atoms with Crippen LogP contribution in [0.2, 0.25) is 0 Å². The zero-order chi connectivity index (χ0) is 23.6. The molecule has 0 saturated heterocycles. The second-order valence-electron chi connectivity index (χ2n) is 13.2. The number of carbonyl (C=O) groups excluding carboxylic acids is 1. The molecule has 12 atom stereocenters. The summed E-state index contributed by atoms with van der Waals surface area (Å²) in [5.74, 6) is 2.88. The first-order valence-electron chi connectivity index (χ1n) is 13.5. The Morgan fingerprint density at radius 1 is 0.875 bits per heavy atom. The van der Waals surface area contributed by atoms with Crippen LogP contribution < -0.4 is 0 Å². The van der Waals surface area contributed by atoms with Crippen molar-refractivity contribution in [1.82, 2.24) is 0 Å². The van der Waals surface area contributed by atoms with Crippen molar-refractivity contribution in [3.8, 4) is 0 Å². The van der Waals surface area contributed by atoms with Crippen molar-refractivity contribution in [2.75, 3.05) is 0 Å². The number of Topliss-reactive ketones (excluding diaryl/α,β-unsaturated/α-hetero) is 1. The predicted octanol–water partition coefficient (Wildman–Crippen LogP) is 4.84. The molecule has 4 aliphatic rings. The zero-order valence-electron chi connectivity index (χ0n) is 21.3. The Bertz CT molecular complexity index is 706. The van der Waals surface area contributed by atoms with E-state index in [0.717, 1.165) is 38.5 Å². The summed E-state index contributed by atoms with van der Waals surface area (Å²) in [4.78, 5) is 13.3. The highest BCUT2D eigenvalue weighted by Gasteiger charge is 2.63. The van der Waals surface area contributed by atoms with Crippen molar-refractivity contribution in [2.45, 2.75) is 111 Å². The van der Waals surface area contributed by atoms with E-state index in [9.17, 15) is 20.1 Å². The van der Waals surface area contributed by atoms with Crippen LogP contribution in [0.1, 0.15) is 92.9 Å². The van der Waals surface area contributed by atoms with Gasteiger partial charge in [0.25, 0.3) is 0 Å². The maximum absolute atomic E-state index is 13.3. The van der Waals surface area contributed by atoms with Crippen molar-refractivity contribution >= 4 is 5.78 Å². The van der Waals surface area contributed by atoms with Gasteiger partial charge in [-0.15, -0.1) is 0 Å². The molecule has 0 heterocycles. The van der Waals surface area contributed by atoms with E-state index in [2.05, 4.69) is 34.6 Å². The Morgan fingerprint density at radius 3 is 2.16 bits per heavy atom. The van der Waals surface area contributed by atoms with Crippen molar-refractivity contribution in [2.24, 2.45) is 58.2 Å². The van der Waals surface area contributed by atoms with Gasteiger partial charge in [-0.2, -0.15) is 0 Å². The monoisotopic (exact) mass is 448 g/mol. The van der Waals surface area contributed by atoms with E-state index in [1.54, 1.807) is 0 Å². The van der Waals surface area contributed by atoms with Gasteiger partial charge in [0.15, 0.2) is 0 Å². The van der Waals surface area contributed by atoms with E-state index < -0.39 is 12.2 Å². The van der Waals surface area contributed by atoms with Gasteiger partial charge in [0.1, 0.15) is 5.78 Å². The fourth-order valence-corrected chi connectivity index (χ4v) is 9.18. The number of ketones is 1. The fraction of sp³-hybridized carbons (Fsp3) is 0.964. The third kappa shape index (κ3) is 3.71. The molecule has 4 fully saturated rings. The van der Waals surface area contributed by atoms with Crippen LogP contribution in [0.3, 0.4) is 0 Å². The van der Waals surface area contributed by atoms with E-state index in [4.69, 9.17) is 0 Å². The van der Waals surface area contributed by atoms with Gasteiger partial charge in [-0.1, -0.05) is 41.5 Å². The molecule has 0 unspecified atom stereocenters. The average molecular weight is 449 g/mol. The minimum Gasteiger partial charge on any atom is -0.393 e. The van der Waals surface area contributed by atoms with E-state index in [1.165, 1.54) is 0 Å². The van der Waals surface area contributed by atoms with Gasteiger partial charge in [-0.25, -0.2) is 0 Å². The Labute approximate surface area is 195 Å². The van der Waals surface area contributed by atoms with Crippen molar-refractivity contribution in [3.63, 3.8) is 0 Å². The lowest BCUT2D eigenvalue weighted by Gasteiger charge is -2.60. The second kappa shape index (κ2) is 8.64. The minimum absolute atomic E-state index is 0.0440. The fourth-order valence-electron chi connectivity index (χ4n) is 9.18. The summed E-state index contributed by atoms with van der Waals surface area (Å²) in [6.45, 7) is 13.2. The largest absolute Gasteiger partial charge is 0.393 e. The second-order valence-corrected chi connectivity index (χ2v) is 13.2. The molecular formula is C28H48O4. The van der Waals surface area contributed by atoms with Crippen LogP contribution >= 0.6 is 0 Å². The molecule has 4 aliphatic carbocycles. The van der Waals surface area contributed by atoms with Crippen LogP contribution in [0, 0.1) is 58.2 Å². The Hall–Kier alpha value is -0.450. The molecule has 32 heavy (non-hydrogen) atoms. The topological polar surface area (TPSA) is 77.8 Å². The summed E-state index contributed by atoms with van der Waals surface area (Å²) in [6, 6.07) is 0. The lowest BCUT2D eigenvalue weighted by atomic mass is 9.44.